The molecule has 0 aliphatic carbocycles. The van der Waals surface area contributed by atoms with Crippen LogP contribution in [0.1, 0.15) is 32.4 Å². The van der Waals surface area contributed by atoms with Crippen LogP contribution in [0.15, 0.2) is 24.3 Å². The predicted molar refractivity (Wildman–Crippen MR) is 94.0 cm³/mol. The third-order valence-corrected chi connectivity index (χ3v) is 5.64. The molecule has 0 spiro atoms. The number of halogens is 2. The lowest BCUT2D eigenvalue weighted by Crippen LogP contribution is -2.47. The molecule has 1 fully saturated rings. The molecule has 1 aromatic carbocycles. The van der Waals surface area contributed by atoms with Gasteiger partial charge in [-0.15, -0.1) is 0 Å². The first-order valence-electron chi connectivity index (χ1n) is 7.50. The maximum absolute atomic E-state index is 12.8. The fourth-order valence-corrected chi connectivity index (χ4v) is 3.98. The second-order valence-corrected chi connectivity index (χ2v) is 7.65. The van der Waals surface area contributed by atoms with Gasteiger partial charge in [0, 0.05) is 18.1 Å². The number of carbonyl (C=O) groups is 1. The first-order chi connectivity index (χ1) is 10.3. The van der Waals surface area contributed by atoms with Crippen molar-refractivity contribution in [1.82, 2.24) is 15.8 Å². The van der Waals surface area contributed by atoms with Crippen molar-refractivity contribution in [3.05, 3.63) is 34.9 Å². The molecule has 122 valence electrons. The van der Waals surface area contributed by atoms with Crippen LogP contribution in [0.5, 0.6) is 0 Å². The highest BCUT2D eigenvalue weighted by molar-refractivity contribution is 9.09. The molecule has 2 N–H and O–H groups in total. The Bertz CT molecular complexity index is 540. The number of nitrogens with zero attached hydrogens (tertiary/aromatic N) is 1. The molecule has 22 heavy (non-hydrogen) atoms. The molecule has 1 saturated heterocycles. The number of likely N-dealkylation sites (N-methyl/N-ethyl adjacent to an activating group) is 1. The summed E-state index contributed by atoms with van der Waals surface area (Å²) >= 11 is 9.71. The van der Waals surface area contributed by atoms with E-state index < -0.39 is 0 Å². The summed E-state index contributed by atoms with van der Waals surface area (Å²) in [6, 6.07) is 7.55. The SMILES string of the molecule is CC(C)C1NNC(C(=O)N(C)C(C)c2cccc(Cl)c2)C1Br. The third kappa shape index (κ3) is 3.65. The second kappa shape index (κ2) is 7.30. The smallest absolute Gasteiger partial charge is 0.242 e. The molecule has 4 unspecified atom stereocenters. The summed E-state index contributed by atoms with van der Waals surface area (Å²) in [5, 5.41) is 0.684. The molecule has 4 nitrogen and oxygen atoms in total. The summed E-state index contributed by atoms with van der Waals surface area (Å²) in [5.74, 6) is 0.496. The lowest BCUT2D eigenvalue weighted by molar-refractivity contribution is -0.133. The monoisotopic (exact) mass is 387 g/mol. The summed E-state index contributed by atoms with van der Waals surface area (Å²) in [5.41, 5.74) is 7.36. The highest BCUT2D eigenvalue weighted by Crippen LogP contribution is 2.26. The maximum Gasteiger partial charge on any atom is 0.242 e. The number of hydrazine groups is 1. The van der Waals surface area contributed by atoms with Gasteiger partial charge < -0.3 is 4.90 Å². The Hall–Kier alpha value is -0.620. The van der Waals surface area contributed by atoms with E-state index in [1.807, 2.05) is 38.2 Å². The number of carbonyl (C=O) groups excluding carboxylic acids is 1. The van der Waals surface area contributed by atoms with Crippen LogP contribution >= 0.6 is 27.5 Å². The van der Waals surface area contributed by atoms with Gasteiger partial charge in [-0.05, 0) is 30.5 Å². The normalized spacial score (nSPS) is 26.2. The summed E-state index contributed by atoms with van der Waals surface area (Å²) in [4.78, 5) is 14.6. The van der Waals surface area contributed by atoms with Crippen molar-refractivity contribution < 1.29 is 4.79 Å². The fraction of sp³-hybridized carbons (Fsp3) is 0.562. The van der Waals surface area contributed by atoms with Crippen molar-refractivity contribution in [2.75, 3.05) is 7.05 Å². The number of alkyl halides is 1. The van der Waals surface area contributed by atoms with Gasteiger partial charge in [0.15, 0.2) is 0 Å². The average molecular weight is 389 g/mol. The minimum atomic E-state index is -0.279. The van der Waals surface area contributed by atoms with Gasteiger partial charge in [-0.3, -0.25) is 10.2 Å². The molecule has 0 saturated carbocycles. The fourth-order valence-electron chi connectivity index (χ4n) is 2.69. The number of rotatable bonds is 4. The predicted octanol–water partition coefficient (Wildman–Crippen LogP) is 3.12. The molecule has 0 bridgehead atoms. The lowest BCUT2D eigenvalue weighted by Gasteiger charge is -2.29. The minimum Gasteiger partial charge on any atom is -0.338 e. The standard InChI is InChI=1S/C16H23BrClN3O/c1-9(2)14-13(17)15(20-19-14)16(22)21(4)10(3)11-6-5-7-12(18)8-11/h5-10,13-15,19-20H,1-4H3. The summed E-state index contributed by atoms with van der Waals surface area (Å²) < 4.78 is 0. The number of amides is 1. The first-order valence-corrected chi connectivity index (χ1v) is 8.79. The Labute approximate surface area is 145 Å². The molecular formula is C16H23BrClN3O. The van der Waals surface area contributed by atoms with E-state index in [9.17, 15) is 4.79 Å². The summed E-state index contributed by atoms with van der Waals surface area (Å²) in [6.45, 7) is 6.28. The topological polar surface area (TPSA) is 44.4 Å². The molecule has 1 aromatic rings. The Kier molecular flexibility index (Phi) is 5.88. The van der Waals surface area contributed by atoms with Crippen LogP contribution in [-0.4, -0.2) is 34.8 Å². The molecule has 4 atom stereocenters. The molecular weight excluding hydrogens is 366 g/mol. The molecule has 1 aliphatic rings. The van der Waals surface area contributed by atoms with Crippen LogP contribution in [0.25, 0.3) is 0 Å². The van der Waals surface area contributed by atoms with Crippen LogP contribution < -0.4 is 10.9 Å². The van der Waals surface area contributed by atoms with Crippen molar-refractivity contribution in [3.63, 3.8) is 0 Å². The third-order valence-electron chi connectivity index (χ3n) is 4.31. The van der Waals surface area contributed by atoms with Gasteiger partial charge in [0.2, 0.25) is 5.91 Å². The van der Waals surface area contributed by atoms with Crippen LogP contribution in [0.2, 0.25) is 5.02 Å². The van der Waals surface area contributed by atoms with E-state index in [1.165, 1.54) is 0 Å². The highest BCUT2D eigenvalue weighted by Gasteiger charge is 2.41. The lowest BCUT2D eigenvalue weighted by atomic mass is 9.98. The zero-order valence-electron chi connectivity index (χ0n) is 13.3. The number of hydrogen-bond donors (Lipinski definition) is 2. The van der Waals surface area contributed by atoms with E-state index in [2.05, 4.69) is 40.6 Å². The van der Waals surface area contributed by atoms with Crippen molar-refractivity contribution in [3.8, 4) is 0 Å². The van der Waals surface area contributed by atoms with Gasteiger partial charge in [-0.2, -0.15) is 0 Å². The number of hydrogen-bond acceptors (Lipinski definition) is 3. The number of nitrogens with one attached hydrogen (secondary N) is 2. The Morgan fingerprint density at radius 2 is 2.00 bits per heavy atom. The van der Waals surface area contributed by atoms with Gasteiger partial charge >= 0.3 is 0 Å². The van der Waals surface area contributed by atoms with E-state index in [1.54, 1.807) is 4.90 Å². The van der Waals surface area contributed by atoms with E-state index in [0.29, 0.717) is 10.9 Å². The largest absolute Gasteiger partial charge is 0.338 e. The Morgan fingerprint density at radius 3 is 2.55 bits per heavy atom. The molecule has 6 heteroatoms. The van der Waals surface area contributed by atoms with Gasteiger partial charge in [-0.25, -0.2) is 5.43 Å². The van der Waals surface area contributed by atoms with Crippen molar-refractivity contribution in [2.45, 2.75) is 43.7 Å². The quantitative estimate of drug-likeness (QED) is 0.779. The highest BCUT2D eigenvalue weighted by atomic mass is 79.9. The minimum absolute atomic E-state index is 0.0363. The van der Waals surface area contributed by atoms with Crippen LogP contribution in [0.3, 0.4) is 0 Å². The van der Waals surface area contributed by atoms with E-state index in [4.69, 9.17) is 11.6 Å². The molecule has 1 amide bonds. The number of benzene rings is 1. The summed E-state index contributed by atoms with van der Waals surface area (Å²) in [6.07, 6.45) is 0. The van der Waals surface area contributed by atoms with Crippen LogP contribution in [0, 0.1) is 5.92 Å². The Morgan fingerprint density at radius 1 is 1.32 bits per heavy atom. The van der Waals surface area contributed by atoms with E-state index in [0.717, 1.165) is 5.56 Å². The van der Waals surface area contributed by atoms with Gasteiger partial charge in [0.05, 0.1) is 10.9 Å². The van der Waals surface area contributed by atoms with Gasteiger partial charge in [-0.1, -0.05) is 53.5 Å². The van der Waals surface area contributed by atoms with Crippen molar-refractivity contribution in [1.29, 1.82) is 0 Å². The second-order valence-electron chi connectivity index (χ2n) is 6.16. The van der Waals surface area contributed by atoms with Crippen molar-refractivity contribution in [2.24, 2.45) is 5.92 Å². The molecule has 1 heterocycles. The molecule has 2 rings (SSSR count). The van der Waals surface area contributed by atoms with Crippen molar-refractivity contribution >= 4 is 33.4 Å². The van der Waals surface area contributed by atoms with E-state index >= 15 is 0 Å². The molecule has 0 radical (unpaired) electrons. The molecule has 0 aromatic heterocycles. The van der Waals surface area contributed by atoms with Gasteiger partial charge in [0.1, 0.15) is 6.04 Å². The zero-order chi connectivity index (χ0) is 16.4. The maximum atomic E-state index is 12.8. The van der Waals surface area contributed by atoms with E-state index in [-0.39, 0.29) is 28.9 Å². The van der Waals surface area contributed by atoms with Gasteiger partial charge in [0.25, 0.3) is 0 Å². The molecule has 1 aliphatic heterocycles. The first kappa shape index (κ1) is 17.7. The van der Waals surface area contributed by atoms with Crippen LogP contribution in [0.4, 0.5) is 0 Å². The Balaban J connectivity index is 2.09. The summed E-state index contributed by atoms with van der Waals surface area (Å²) in [7, 11) is 1.83. The van der Waals surface area contributed by atoms with Crippen LogP contribution in [-0.2, 0) is 4.79 Å². The zero-order valence-corrected chi connectivity index (χ0v) is 15.6. The average Bonchev–Trinajstić information content (AvgIpc) is 2.86.